The van der Waals surface area contributed by atoms with Gasteiger partial charge in [-0.3, -0.25) is 4.79 Å². The molecular formula is C17H16ClFN2O. The summed E-state index contributed by atoms with van der Waals surface area (Å²) in [7, 11) is 0. The van der Waals surface area contributed by atoms with E-state index >= 15 is 0 Å². The van der Waals surface area contributed by atoms with Crippen LogP contribution in [-0.2, 0) is 11.2 Å². The third-order valence-electron chi connectivity index (χ3n) is 3.77. The molecule has 1 amide bonds. The summed E-state index contributed by atoms with van der Waals surface area (Å²) < 4.78 is 13.7. The van der Waals surface area contributed by atoms with Crippen molar-refractivity contribution in [2.24, 2.45) is 0 Å². The van der Waals surface area contributed by atoms with Gasteiger partial charge in [-0.1, -0.05) is 29.8 Å². The van der Waals surface area contributed by atoms with E-state index in [0.29, 0.717) is 11.6 Å². The van der Waals surface area contributed by atoms with Crippen LogP contribution in [-0.4, -0.2) is 19.0 Å². The van der Waals surface area contributed by atoms with Crippen LogP contribution in [0.1, 0.15) is 12.0 Å². The minimum absolute atomic E-state index is 0.0485. The lowest BCUT2D eigenvalue weighted by Gasteiger charge is -2.29. The molecule has 0 saturated heterocycles. The molecule has 1 N–H and O–H groups in total. The average molecular weight is 319 g/mol. The summed E-state index contributed by atoms with van der Waals surface area (Å²) in [5.41, 5.74) is 2.42. The molecule has 0 bridgehead atoms. The number of amides is 1. The topological polar surface area (TPSA) is 32.3 Å². The Labute approximate surface area is 133 Å². The monoisotopic (exact) mass is 318 g/mol. The third kappa shape index (κ3) is 3.07. The van der Waals surface area contributed by atoms with Crippen LogP contribution in [0.15, 0.2) is 42.5 Å². The maximum atomic E-state index is 13.7. The number of benzene rings is 2. The highest BCUT2D eigenvalue weighted by Gasteiger charge is 2.21. The fourth-order valence-electron chi connectivity index (χ4n) is 2.69. The minimum atomic E-state index is -0.459. The van der Waals surface area contributed by atoms with Gasteiger partial charge in [-0.15, -0.1) is 0 Å². The van der Waals surface area contributed by atoms with E-state index in [1.165, 1.54) is 17.7 Å². The van der Waals surface area contributed by atoms with Crippen molar-refractivity contribution >= 4 is 28.9 Å². The number of halogens is 2. The summed E-state index contributed by atoms with van der Waals surface area (Å²) in [5, 5.41) is 3.18. The number of hydrogen-bond donors (Lipinski definition) is 1. The molecule has 1 heterocycles. The van der Waals surface area contributed by atoms with E-state index in [4.69, 9.17) is 11.6 Å². The molecule has 3 rings (SSSR count). The van der Waals surface area contributed by atoms with E-state index in [1.807, 2.05) is 24.3 Å². The number of carbonyl (C=O) groups is 1. The zero-order valence-electron chi connectivity index (χ0n) is 12.0. The molecular weight excluding hydrogens is 303 g/mol. The lowest BCUT2D eigenvalue weighted by atomic mass is 10.0. The summed E-state index contributed by atoms with van der Waals surface area (Å²) in [6.45, 7) is 0.744. The molecule has 0 aromatic heterocycles. The van der Waals surface area contributed by atoms with E-state index in [0.717, 1.165) is 18.5 Å². The number of anilines is 2. The van der Waals surface area contributed by atoms with Crippen molar-refractivity contribution in [3.05, 3.63) is 58.9 Å². The second-order valence-corrected chi connectivity index (χ2v) is 5.69. The van der Waals surface area contributed by atoms with Crippen molar-refractivity contribution < 1.29 is 9.18 Å². The van der Waals surface area contributed by atoms with Crippen LogP contribution < -0.4 is 10.2 Å². The first-order valence-electron chi connectivity index (χ1n) is 7.22. The summed E-state index contributed by atoms with van der Waals surface area (Å²) in [6, 6.07) is 12.3. The molecule has 114 valence electrons. The highest BCUT2D eigenvalue weighted by Crippen LogP contribution is 2.27. The molecule has 22 heavy (non-hydrogen) atoms. The largest absolute Gasteiger partial charge is 0.374 e. The number of carbonyl (C=O) groups excluding carboxylic acids is 1. The molecule has 1 aliphatic rings. The van der Waals surface area contributed by atoms with Gasteiger partial charge in [0.1, 0.15) is 5.82 Å². The van der Waals surface area contributed by atoms with Crippen LogP contribution >= 0.6 is 11.6 Å². The standard InChI is InChI=1S/C17H16ClFN2O/c18-13-7-8-15(14(19)10-13)20-11-17(22)21-9-3-5-12-4-1-2-6-16(12)21/h1-2,4,6-8,10,20H,3,5,9,11H2. The number of fused-ring (bicyclic) bond motifs is 1. The molecule has 1 aliphatic heterocycles. The molecule has 0 spiro atoms. The van der Waals surface area contributed by atoms with Crippen molar-refractivity contribution in [3.63, 3.8) is 0 Å². The van der Waals surface area contributed by atoms with Crippen LogP contribution in [0.2, 0.25) is 5.02 Å². The highest BCUT2D eigenvalue weighted by atomic mass is 35.5. The second kappa shape index (κ2) is 6.36. The number of nitrogens with zero attached hydrogens (tertiary/aromatic N) is 1. The molecule has 2 aromatic carbocycles. The van der Waals surface area contributed by atoms with Gasteiger partial charge in [-0.2, -0.15) is 0 Å². The van der Waals surface area contributed by atoms with Crippen LogP contribution in [0.4, 0.5) is 15.8 Å². The normalized spacial score (nSPS) is 13.6. The molecule has 0 radical (unpaired) electrons. The van der Waals surface area contributed by atoms with Crippen molar-refractivity contribution in [1.29, 1.82) is 0 Å². The molecule has 0 atom stereocenters. The van der Waals surface area contributed by atoms with Gasteiger partial charge in [0.25, 0.3) is 0 Å². The summed E-state index contributed by atoms with van der Waals surface area (Å²) in [4.78, 5) is 14.2. The molecule has 0 fully saturated rings. The summed E-state index contributed by atoms with van der Waals surface area (Å²) in [6.07, 6.45) is 1.93. The van der Waals surface area contributed by atoms with Gasteiger partial charge in [0, 0.05) is 17.3 Å². The Morgan fingerprint density at radius 2 is 2.09 bits per heavy atom. The number of aryl methyl sites for hydroxylation is 1. The molecule has 5 heteroatoms. The van der Waals surface area contributed by atoms with Gasteiger partial charge in [-0.05, 0) is 42.7 Å². The predicted molar refractivity (Wildman–Crippen MR) is 87.0 cm³/mol. The first-order valence-corrected chi connectivity index (χ1v) is 7.60. The van der Waals surface area contributed by atoms with Crippen molar-refractivity contribution in [1.82, 2.24) is 0 Å². The average Bonchev–Trinajstić information content (AvgIpc) is 2.53. The van der Waals surface area contributed by atoms with Gasteiger partial charge in [0.2, 0.25) is 5.91 Å². The van der Waals surface area contributed by atoms with E-state index in [-0.39, 0.29) is 18.1 Å². The molecule has 0 saturated carbocycles. The fraction of sp³-hybridized carbons (Fsp3) is 0.235. The van der Waals surface area contributed by atoms with Gasteiger partial charge < -0.3 is 10.2 Å². The van der Waals surface area contributed by atoms with Gasteiger partial charge in [0.15, 0.2) is 0 Å². The Morgan fingerprint density at radius 1 is 1.27 bits per heavy atom. The van der Waals surface area contributed by atoms with Crippen molar-refractivity contribution in [3.8, 4) is 0 Å². The van der Waals surface area contributed by atoms with Crippen molar-refractivity contribution in [2.45, 2.75) is 12.8 Å². The van der Waals surface area contributed by atoms with Crippen LogP contribution in [0, 0.1) is 5.82 Å². The third-order valence-corrected chi connectivity index (χ3v) is 4.01. The Morgan fingerprint density at radius 3 is 2.91 bits per heavy atom. The molecule has 3 nitrogen and oxygen atoms in total. The smallest absolute Gasteiger partial charge is 0.246 e. The molecule has 0 unspecified atom stereocenters. The van der Waals surface area contributed by atoms with Crippen LogP contribution in [0.25, 0.3) is 0 Å². The Balaban J connectivity index is 1.70. The first kappa shape index (κ1) is 14.9. The minimum Gasteiger partial charge on any atom is -0.374 e. The quantitative estimate of drug-likeness (QED) is 0.931. The van der Waals surface area contributed by atoms with Crippen LogP contribution in [0.5, 0.6) is 0 Å². The maximum absolute atomic E-state index is 13.7. The van der Waals surface area contributed by atoms with Gasteiger partial charge >= 0.3 is 0 Å². The Bertz CT molecular complexity index is 705. The Kier molecular flexibility index (Phi) is 4.29. The first-order chi connectivity index (χ1) is 10.6. The molecule has 0 aliphatic carbocycles. The lowest BCUT2D eigenvalue weighted by molar-refractivity contribution is -0.117. The SMILES string of the molecule is O=C(CNc1ccc(Cl)cc1F)N1CCCc2ccccc21. The lowest BCUT2D eigenvalue weighted by Crippen LogP contribution is -2.39. The van der Waals surface area contributed by atoms with Crippen molar-refractivity contribution in [2.75, 3.05) is 23.3 Å². The zero-order chi connectivity index (χ0) is 15.5. The number of para-hydroxylation sites is 1. The van der Waals surface area contributed by atoms with E-state index in [2.05, 4.69) is 5.32 Å². The maximum Gasteiger partial charge on any atom is 0.246 e. The summed E-state index contributed by atoms with van der Waals surface area (Å²) in [5.74, 6) is -0.527. The number of nitrogens with one attached hydrogen (secondary N) is 1. The van der Waals surface area contributed by atoms with E-state index < -0.39 is 5.82 Å². The van der Waals surface area contributed by atoms with Crippen LogP contribution in [0.3, 0.4) is 0 Å². The fourth-order valence-corrected chi connectivity index (χ4v) is 2.85. The van der Waals surface area contributed by atoms with E-state index in [1.54, 1.807) is 11.0 Å². The summed E-state index contributed by atoms with van der Waals surface area (Å²) >= 11 is 5.71. The van der Waals surface area contributed by atoms with Gasteiger partial charge in [0.05, 0.1) is 12.2 Å². The predicted octanol–water partition coefficient (Wildman–Crippen LogP) is 3.87. The number of rotatable bonds is 3. The van der Waals surface area contributed by atoms with Gasteiger partial charge in [-0.25, -0.2) is 4.39 Å². The molecule has 2 aromatic rings. The highest BCUT2D eigenvalue weighted by molar-refractivity contribution is 6.30. The van der Waals surface area contributed by atoms with E-state index in [9.17, 15) is 9.18 Å². The number of hydrogen-bond acceptors (Lipinski definition) is 2. The second-order valence-electron chi connectivity index (χ2n) is 5.26. The Hall–Kier alpha value is -2.07. The zero-order valence-corrected chi connectivity index (χ0v) is 12.7.